The predicted molar refractivity (Wildman–Crippen MR) is 103 cm³/mol. The third kappa shape index (κ3) is 3.52. The highest BCUT2D eigenvalue weighted by Crippen LogP contribution is 2.28. The van der Waals surface area contributed by atoms with Gasteiger partial charge in [-0.15, -0.1) is 0 Å². The summed E-state index contributed by atoms with van der Waals surface area (Å²) in [4.78, 5) is 4.47. The highest BCUT2D eigenvalue weighted by atomic mass is 16.5. The molecule has 0 amide bonds. The summed E-state index contributed by atoms with van der Waals surface area (Å²) in [6.45, 7) is 4.25. The van der Waals surface area contributed by atoms with E-state index in [4.69, 9.17) is 4.74 Å². The monoisotopic (exact) mass is 332 g/mol. The first kappa shape index (κ1) is 16.1. The van der Waals surface area contributed by atoms with Gasteiger partial charge in [0.25, 0.3) is 0 Å². The zero-order chi connectivity index (χ0) is 17.1. The molecule has 3 aromatic rings. The molecule has 0 bridgehead atoms. The summed E-state index contributed by atoms with van der Waals surface area (Å²) in [5.41, 5.74) is 3.61. The number of fused-ring (bicyclic) bond motifs is 1. The van der Waals surface area contributed by atoms with Crippen LogP contribution in [0.1, 0.15) is 25.5 Å². The second-order valence-corrected chi connectivity index (χ2v) is 6.64. The van der Waals surface area contributed by atoms with E-state index in [1.165, 1.54) is 21.9 Å². The molecule has 0 atom stereocenters. The zero-order valence-electron chi connectivity index (χ0n) is 14.7. The Morgan fingerprint density at radius 2 is 1.76 bits per heavy atom. The first-order valence-electron chi connectivity index (χ1n) is 9.19. The predicted octanol–water partition coefficient (Wildman–Crippen LogP) is 4.60. The van der Waals surface area contributed by atoms with E-state index in [-0.39, 0.29) is 0 Å². The average molecular weight is 332 g/mol. The van der Waals surface area contributed by atoms with Crippen molar-refractivity contribution in [2.45, 2.75) is 32.3 Å². The van der Waals surface area contributed by atoms with Crippen molar-refractivity contribution >= 4 is 10.8 Å². The molecule has 0 spiro atoms. The van der Waals surface area contributed by atoms with Gasteiger partial charge < -0.3 is 10.1 Å². The van der Waals surface area contributed by atoms with Crippen molar-refractivity contribution in [2.75, 3.05) is 13.1 Å². The smallest absolute Gasteiger partial charge is 0.119 e. The Kier molecular flexibility index (Phi) is 4.66. The SMILES string of the molecule is CCc1nccc2cc(-c3ccc(OC4CCNCC4)cc3)ccc12. The van der Waals surface area contributed by atoms with Crippen molar-refractivity contribution in [3.05, 3.63) is 60.4 Å². The lowest BCUT2D eigenvalue weighted by molar-refractivity contribution is 0.162. The molecule has 2 heterocycles. The summed E-state index contributed by atoms with van der Waals surface area (Å²) in [6.07, 6.45) is 5.37. The van der Waals surface area contributed by atoms with E-state index >= 15 is 0 Å². The summed E-state index contributed by atoms with van der Waals surface area (Å²) in [5.74, 6) is 0.967. The van der Waals surface area contributed by atoms with Crippen molar-refractivity contribution in [2.24, 2.45) is 0 Å². The van der Waals surface area contributed by atoms with Crippen LogP contribution in [0.3, 0.4) is 0 Å². The molecule has 0 saturated carbocycles. The van der Waals surface area contributed by atoms with Crippen molar-refractivity contribution in [1.29, 1.82) is 0 Å². The summed E-state index contributed by atoms with van der Waals surface area (Å²) < 4.78 is 6.10. The fourth-order valence-corrected chi connectivity index (χ4v) is 3.53. The summed E-state index contributed by atoms with van der Waals surface area (Å²) >= 11 is 0. The fraction of sp³-hybridized carbons (Fsp3) is 0.318. The molecule has 1 aliphatic heterocycles. The molecule has 3 heteroatoms. The zero-order valence-corrected chi connectivity index (χ0v) is 14.7. The van der Waals surface area contributed by atoms with Gasteiger partial charge in [0, 0.05) is 17.3 Å². The highest BCUT2D eigenvalue weighted by Gasteiger charge is 2.14. The molecular weight excluding hydrogens is 308 g/mol. The van der Waals surface area contributed by atoms with Gasteiger partial charge in [-0.1, -0.05) is 31.2 Å². The Morgan fingerprint density at radius 1 is 1.00 bits per heavy atom. The van der Waals surface area contributed by atoms with E-state index in [0.29, 0.717) is 6.10 Å². The highest BCUT2D eigenvalue weighted by molar-refractivity contribution is 5.88. The summed E-state index contributed by atoms with van der Waals surface area (Å²) in [6, 6.07) is 17.2. The van der Waals surface area contributed by atoms with Gasteiger partial charge in [-0.25, -0.2) is 0 Å². The van der Waals surface area contributed by atoms with Crippen molar-refractivity contribution in [1.82, 2.24) is 10.3 Å². The summed E-state index contributed by atoms with van der Waals surface area (Å²) in [7, 11) is 0. The first-order chi connectivity index (χ1) is 12.3. The van der Waals surface area contributed by atoms with Crippen LogP contribution in [0.2, 0.25) is 0 Å². The number of hydrogen-bond donors (Lipinski definition) is 1. The number of pyridine rings is 1. The number of aryl methyl sites for hydroxylation is 1. The standard InChI is InChI=1S/C22H24N2O/c1-2-22-21-8-5-17(15-18(21)9-14-24-22)16-3-6-19(7-4-16)25-20-10-12-23-13-11-20/h3-9,14-15,20,23H,2,10-13H2,1H3. The molecule has 4 rings (SSSR count). The van der Waals surface area contributed by atoms with Crippen LogP contribution in [0, 0.1) is 0 Å². The van der Waals surface area contributed by atoms with Crippen LogP contribution in [-0.2, 0) is 6.42 Å². The number of hydrogen-bond acceptors (Lipinski definition) is 3. The van der Waals surface area contributed by atoms with Gasteiger partial charge in [0.2, 0.25) is 0 Å². The van der Waals surface area contributed by atoms with Crippen LogP contribution in [-0.4, -0.2) is 24.2 Å². The molecule has 2 aromatic carbocycles. The molecule has 1 fully saturated rings. The number of piperidine rings is 1. The molecule has 25 heavy (non-hydrogen) atoms. The van der Waals surface area contributed by atoms with Gasteiger partial charge in [-0.05, 0) is 73.1 Å². The first-order valence-corrected chi connectivity index (χ1v) is 9.19. The lowest BCUT2D eigenvalue weighted by Crippen LogP contribution is -2.34. The Hall–Kier alpha value is -2.39. The molecule has 0 unspecified atom stereocenters. The van der Waals surface area contributed by atoms with Crippen LogP contribution >= 0.6 is 0 Å². The minimum absolute atomic E-state index is 0.340. The van der Waals surface area contributed by atoms with Gasteiger partial charge in [0.1, 0.15) is 11.9 Å². The number of nitrogens with zero attached hydrogens (tertiary/aromatic N) is 1. The van der Waals surface area contributed by atoms with Gasteiger partial charge in [0.05, 0.1) is 0 Å². The molecule has 0 radical (unpaired) electrons. The number of aromatic nitrogens is 1. The third-order valence-corrected chi connectivity index (χ3v) is 4.96. The van der Waals surface area contributed by atoms with Crippen molar-refractivity contribution in [3.8, 4) is 16.9 Å². The van der Waals surface area contributed by atoms with Crippen LogP contribution in [0.4, 0.5) is 0 Å². The Balaban J connectivity index is 1.56. The third-order valence-electron chi connectivity index (χ3n) is 4.96. The molecule has 1 aromatic heterocycles. The quantitative estimate of drug-likeness (QED) is 0.758. The van der Waals surface area contributed by atoms with Crippen LogP contribution in [0.25, 0.3) is 21.9 Å². The minimum Gasteiger partial charge on any atom is -0.490 e. The number of benzene rings is 2. The van der Waals surface area contributed by atoms with E-state index in [2.05, 4.69) is 65.8 Å². The second-order valence-electron chi connectivity index (χ2n) is 6.64. The molecule has 128 valence electrons. The van der Waals surface area contributed by atoms with E-state index in [1.807, 2.05) is 6.20 Å². The van der Waals surface area contributed by atoms with E-state index in [0.717, 1.165) is 43.8 Å². The van der Waals surface area contributed by atoms with Gasteiger partial charge >= 0.3 is 0 Å². The number of rotatable bonds is 4. The molecule has 1 saturated heterocycles. The molecule has 1 aliphatic rings. The maximum atomic E-state index is 6.10. The van der Waals surface area contributed by atoms with Crippen LogP contribution in [0.5, 0.6) is 5.75 Å². The lowest BCUT2D eigenvalue weighted by Gasteiger charge is -2.23. The van der Waals surface area contributed by atoms with E-state index in [9.17, 15) is 0 Å². The second kappa shape index (κ2) is 7.24. The summed E-state index contributed by atoms with van der Waals surface area (Å²) in [5, 5.41) is 5.87. The average Bonchev–Trinajstić information content (AvgIpc) is 2.68. The van der Waals surface area contributed by atoms with Gasteiger partial charge in [-0.3, -0.25) is 4.98 Å². The lowest BCUT2D eigenvalue weighted by atomic mass is 10.0. The van der Waals surface area contributed by atoms with Crippen molar-refractivity contribution in [3.63, 3.8) is 0 Å². The maximum absolute atomic E-state index is 6.10. The van der Waals surface area contributed by atoms with E-state index in [1.54, 1.807) is 0 Å². The number of ether oxygens (including phenoxy) is 1. The molecular formula is C22H24N2O. The fourth-order valence-electron chi connectivity index (χ4n) is 3.53. The Morgan fingerprint density at radius 3 is 2.52 bits per heavy atom. The largest absolute Gasteiger partial charge is 0.490 e. The van der Waals surface area contributed by atoms with Gasteiger partial charge in [0.15, 0.2) is 0 Å². The molecule has 3 nitrogen and oxygen atoms in total. The van der Waals surface area contributed by atoms with Crippen molar-refractivity contribution < 1.29 is 4.74 Å². The van der Waals surface area contributed by atoms with Crippen LogP contribution < -0.4 is 10.1 Å². The molecule has 0 aliphatic carbocycles. The Labute approximate surface area is 149 Å². The van der Waals surface area contributed by atoms with E-state index < -0.39 is 0 Å². The molecule has 1 N–H and O–H groups in total. The normalized spacial score (nSPS) is 15.4. The van der Waals surface area contributed by atoms with Crippen LogP contribution in [0.15, 0.2) is 54.7 Å². The Bertz CT molecular complexity index is 852. The topological polar surface area (TPSA) is 34.1 Å². The maximum Gasteiger partial charge on any atom is 0.119 e. The van der Waals surface area contributed by atoms with Gasteiger partial charge in [-0.2, -0.15) is 0 Å². The minimum atomic E-state index is 0.340. The number of nitrogens with one attached hydrogen (secondary N) is 1.